The van der Waals surface area contributed by atoms with Crippen LogP contribution >= 0.6 is 0 Å². The van der Waals surface area contributed by atoms with E-state index in [1.807, 2.05) is 13.8 Å². The van der Waals surface area contributed by atoms with Gasteiger partial charge in [0.2, 0.25) is 0 Å². The fraction of sp³-hybridized carbons (Fsp3) is 0.900. The van der Waals surface area contributed by atoms with Crippen LogP contribution in [0.15, 0.2) is 0 Å². The fourth-order valence-corrected chi connectivity index (χ4v) is 1.32. The molecule has 0 saturated carbocycles. The Bertz CT molecular complexity index is 220. The molecule has 0 heterocycles. The molecular formula is C10H17F3N2. The number of alkyl halides is 3. The van der Waals surface area contributed by atoms with E-state index in [-0.39, 0.29) is 12.6 Å². The Hall–Kier alpha value is -0.760. The Balaban J connectivity index is 4.26. The number of hydrogen-bond donors (Lipinski definition) is 0. The Kier molecular flexibility index (Phi) is 5.66. The summed E-state index contributed by atoms with van der Waals surface area (Å²) in [5, 5.41) is 8.43. The highest BCUT2D eigenvalue weighted by Gasteiger charge is 2.40. The number of nitriles is 1. The molecule has 2 nitrogen and oxygen atoms in total. The van der Waals surface area contributed by atoms with Crippen molar-refractivity contribution in [3.05, 3.63) is 0 Å². The maximum absolute atomic E-state index is 12.3. The molecule has 0 bridgehead atoms. The molecule has 5 heteroatoms. The van der Waals surface area contributed by atoms with Crippen LogP contribution in [0.25, 0.3) is 0 Å². The molecule has 0 aromatic heterocycles. The maximum atomic E-state index is 12.3. The Morgan fingerprint density at radius 2 is 1.93 bits per heavy atom. The van der Waals surface area contributed by atoms with Crippen molar-refractivity contribution >= 4 is 0 Å². The van der Waals surface area contributed by atoms with Crippen LogP contribution in [0.4, 0.5) is 13.2 Å². The third-order valence-corrected chi connectivity index (χ3v) is 2.48. The summed E-state index contributed by atoms with van der Waals surface area (Å²) < 4.78 is 36.8. The molecule has 15 heavy (non-hydrogen) atoms. The van der Waals surface area contributed by atoms with Gasteiger partial charge in [-0.05, 0) is 20.4 Å². The number of halogens is 3. The first-order valence-corrected chi connectivity index (χ1v) is 4.99. The van der Waals surface area contributed by atoms with Crippen molar-refractivity contribution in [3.63, 3.8) is 0 Å². The molecule has 0 aromatic carbocycles. The van der Waals surface area contributed by atoms with Gasteiger partial charge in [-0.1, -0.05) is 13.3 Å². The molecule has 0 aliphatic rings. The molecular weight excluding hydrogens is 205 g/mol. The summed E-state index contributed by atoms with van der Waals surface area (Å²) in [7, 11) is 1.62. The molecule has 88 valence electrons. The van der Waals surface area contributed by atoms with E-state index >= 15 is 0 Å². The highest BCUT2D eigenvalue weighted by atomic mass is 19.4. The van der Waals surface area contributed by atoms with E-state index < -0.39 is 12.1 Å². The van der Waals surface area contributed by atoms with Gasteiger partial charge in [-0.2, -0.15) is 18.4 Å². The second kappa shape index (κ2) is 5.96. The minimum atomic E-state index is -4.42. The van der Waals surface area contributed by atoms with Crippen LogP contribution in [-0.2, 0) is 0 Å². The maximum Gasteiger partial charge on any atom is 0.405 e. The molecule has 0 aliphatic carbocycles. The van der Waals surface area contributed by atoms with Crippen molar-refractivity contribution in [1.29, 1.82) is 5.26 Å². The van der Waals surface area contributed by atoms with Crippen LogP contribution in [-0.4, -0.2) is 30.7 Å². The van der Waals surface area contributed by atoms with E-state index in [1.165, 1.54) is 6.07 Å². The molecule has 0 N–H and O–H groups in total. The lowest BCUT2D eigenvalue weighted by Crippen LogP contribution is -2.38. The molecule has 2 unspecified atom stereocenters. The van der Waals surface area contributed by atoms with Gasteiger partial charge >= 0.3 is 6.18 Å². The van der Waals surface area contributed by atoms with Crippen molar-refractivity contribution < 1.29 is 13.2 Å². The lowest BCUT2D eigenvalue weighted by molar-refractivity contribution is -0.163. The zero-order valence-corrected chi connectivity index (χ0v) is 9.30. The summed E-state index contributed by atoms with van der Waals surface area (Å²) >= 11 is 0. The van der Waals surface area contributed by atoms with Crippen LogP contribution in [0.2, 0.25) is 0 Å². The van der Waals surface area contributed by atoms with Crippen molar-refractivity contribution in [2.75, 3.05) is 13.6 Å². The first kappa shape index (κ1) is 14.2. The van der Waals surface area contributed by atoms with Crippen LogP contribution in [0.3, 0.4) is 0 Å². The molecule has 0 rings (SSSR count). The van der Waals surface area contributed by atoms with Gasteiger partial charge in [0.05, 0.1) is 6.07 Å². The lowest BCUT2D eigenvalue weighted by Gasteiger charge is -2.27. The van der Waals surface area contributed by atoms with Gasteiger partial charge < -0.3 is 4.90 Å². The number of rotatable bonds is 5. The second-order valence-electron chi connectivity index (χ2n) is 3.80. The fourth-order valence-electron chi connectivity index (χ4n) is 1.32. The van der Waals surface area contributed by atoms with Crippen molar-refractivity contribution in [2.24, 2.45) is 5.92 Å². The quantitative estimate of drug-likeness (QED) is 0.715. The molecule has 0 amide bonds. The van der Waals surface area contributed by atoms with Crippen LogP contribution in [0.1, 0.15) is 26.7 Å². The van der Waals surface area contributed by atoms with Gasteiger partial charge in [0, 0.05) is 12.6 Å². The van der Waals surface area contributed by atoms with Crippen LogP contribution < -0.4 is 0 Å². The molecule has 0 saturated heterocycles. The number of nitrogens with zero attached hydrogens (tertiary/aromatic N) is 2. The van der Waals surface area contributed by atoms with Crippen molar-refractivity contribution in [2.45, 2.75) is 38.9 Å². The average Bonchev–Trinajstić information content (AvgIpc) is 2.12. The minimum Gasteiger partial charge on any atom is -0.302 e. The van der Waals surface area contributed by atoms with E-state index in [4.69, 9.17) is 5.26 Å². The summed E-state index contributed by atoms with van der Waals surface area (Å²) in [4.78, 5) is 1.59. The normalized spacial score (nSPS) is 16.1. The lowest BCUT2D eigenvalue weighted by atomic mass is 10.1. The standard InChI is InChI=1S/C10H17F3N2/c1-4-5-8(2)15(3)7-9(6-14)10(11,12)13/h8-9H,4-5,7H2,1-3H3. The Labute approximate surface area is 88.7 Å². The SMILES string of the molecule is CCCC(C)N(C)CC(C#N)C(F)(F)F. The summed E-state index contributed by atoms with van der Waals surface area (Å²) in [5.41, 5.74) is 0. The zero-order valence-electron chi connectivity index (χ0n) is 9.30. The predicted octanol–water partition coefficient (Wildman–Crippen LogP) is 2.81. The molecule has 0 radical (unpaired) electrons. The van der Waals surface area contributed by atoms with Gasteiger partial charge in [0.1, 0.15) is 0 Å². The topological polar surface area (TPSA) is 27.0 Å². The average molecular weight is 222 g/mol. The summed E-state index contributed by atoms with van der Waals surface area (Å²) in [5.74, 6) is -1.89. The van der Waals surface area contributed by atoms with Crippen LogP contribution in [0.5, 0.6) is 0 Å². The largest absolute Gasteiger partial charge is 0.405 e. The summed E-state index contributed by atoms with van der Waals surface area (Å²) in [6.45, 7) is 3.60. The highest BCUT2D eigenvalue weighted by Crippen LogP contribution is 2.26. The first-order valence-electron chi connectivity index (χ1n) is 4.99. The van der Waals surface area contributed by atoms with Gasteiger partial charge in [-0.25, -0.2) is 0 Å². The van der Waals surface area contributed by atoms with Gasteiger partial charge in [-0.3, -0.25) is 0 Å². The van der Waals surface area contributed by atoms with E-state index in [2.05, 4.69) is 0 Å². The third kappa shape index (κ3) is 5.03. The first-order chi connectivity index (χ1) is 6.82. The molecule has 2 atom stereocenters. The van der Waals surface area contributed by atoms with Crippen molar-refractivity contribution in [3.8, 4) is 6.07 Å². The minimum absolute atomic E-state index is 0.0770. The van der Waals surface area contributed by atoms with Crippen molar-refractivity contribution in [1.82, 2.24) is 4.90 Å². The number of hydrogen-bond acceptors (Lipinski definition) is 2. The predicted molar refractivity (Wildman–Crippen MR) is 52.2 cm³/mol. The molecule has 0 fully saturated rings. The smallest absolute Gasteiger partial charge is 0.302 e. The Morgan fingerprint density at radius 1 is 1.40 bits per heavy atom. The summed E-state index contributed by atoms with van der Waals surface area (Å²) in [6.07, 6.45) is -2.66. The third-order valence-electron chi connectivity index (χ3n) is 2.48. The molecule has 0 aliphatic heterocycles. The monoisotopic (exact) mass is 222 g/mol. The zero-order chi connectivity index (χ0) is 12.1. The van der Waals surface area contributed by atoms with Gasteiger partial charge in [0.15, 0.2) is 5.92 Å². The van der Waals surface area contributed by atoms with E-state index in [1.54, 1.807) is 11.9 Å². The Morgan fingerprint density at radius 3 is 2.27 bits per heavy atom. The van der Waals surface area contributed by atoms with Gasteiger partial charge in [0.25, 0.3) is 0 Å². The van der Waals surface area contributed by atoms with E-state index in [0.29, 0.717) is 0 Å². The summed E-state index contributed by atoms with van der Waals surface area (Å²) in [6, 6.07) is 1.38. The van der Waals surface area contributed by atoms with Crippen LogP contribution in [0, 0.1) is 17.2 Å². The second-order valence-corrected chi connectivity index (χ2v) is 3.80. The van der Waals surface area contributed by atoms with Gasteiger partial charge in [-0.15, -0.1) is 0 Å². The molecule has 0 spiro atoms. The highest BCUT2D eigenvalue weighted by molar-refractivity contribution is 4.90. The molecule has 0 aromatic rings. The van der Waals surface area contributed by atoms with E-state index in [9.17, 15) is 13.2 Å². The van der Waals surface area contributed by atoms with E-state index in [0.717, 1.165) is 12.8 Å².